The molecule has 2 aromatic heterocycles. The molecule has 0 atom stereocenters. The van der Waals surface area contributed by atoms with Gasteiger partial charge in [-0.25, -0.2) is 9.37 Å². The standard InChI is InChI=1S/C16H17FN4/c1-10(2)21-14-5-3-4-12(17)15(14)20-16(21)13-7-6-11(8-18)9-19-13/h3-7,9-10H,8,18H2,1-2H3. The van der Waals surface area contributed by atoms with Crippen LogP contribution in [0.1, 0.15) is 25.5 Å². The molecule has 0 aliphatic carbocycles. The van der Waals surface area contributed by atoms with Crippen molar-refractivity contribution in [1.82, 2.24) is 14.5 Å². The molecule has 2 N–H and O–H groups in total. The number of fused-ring (bicyclic) bond motifs is 1. The van der Waals surface area contributed by atoms with Crippen LogP contribution in [0.4, 0.5) is 4.39 Å². The highest BCUT2D eigenvalue weighted by Gasteiger charge is 2.17. The number of halogens is 1. The van der Waals surface area contributed by atoms with Crippen LogP contribution in [0.5, 0.6) is 0 Å². The zero-order valence-electron chi connectivity index (χ0n) is 12.0. The largest absolute Gasteiger partial charge is 0.326 e. The molecule has 0 bridgehead atoms. The van der Waals surface area contributed by atoms with E-state index in [2.05, 4.69) is 9.97 Å². The highest BCUT2D eigenvalue weighted by atomic mass is 19.1. The van der Waals surface area contributed by atoms with Gasteiger partial charge in [0, 0.05) is 18.8 Å². The zero-order chi connectivity index (χ0) is 15.0. The predicted molar refractivity (Wildman–Crippen MR) is 81.2 cm³/mol. The predicted octanol–water partition coefficient (Wildman–Crippen LogP) is 3.28. The number of hydrogen-bond acceptors (Lipinski definition) is 3. The lowest BCUT2D eigenvalue weighted by molar-refractivity contribution is 0.622. The third-order valence-corrected chi connectivity index (χ3v) is 3.48. The van der Waals surface area contributed by atoms with E-state index in [1.54, 1.807) is 12.3 Å². The highest BCUT2D eigenvalue weighted by molar-refractivity contribution is 5.80. The van der Waals surface area contributed by atoms with Gasteiger partial charge in [0.25, 0.3) is 0 Å². The molecular formula is C16H17FN4. The number of nitrogens with zero attached hydrogens (tertiary/aromatic N) is 3. The van der Waals surface area contributed by atoms with Crippen molar-refractivity contribution in [3.8, 4) is 11.5 Å². The molecule has 4 nitrogen and oxygen atoms in total. The van der Waals surface area contributed by atoms with Gasteiger partial charge in [0.05, 0.1) is 5.52 Å². The van der Waals surface area contributed by atoms with Gasteiger partial charge >= 0.3 is 0 Å². The monoisotopic (exact) mass is 284 g/mol. The van der Waals surface area contributed by atoms with Crippen molar-refractivity contribution in [2.45, 2.75) is 26.4 Å². The fourth-order valence-corrected chi connectivity index (χ4v) is 2.46. The lowest BCUT2D eigenvalue weighted by Gasteiger charge is -2.12. The van der Waals surface area contributed by atoms with Gasteiger partial charge in [-0.05, 0) is 37.6 Å². The molecule has 0 saturated heterocycles. The summed E-state index contributed by atoms with van der Waals surface area (Å²) in [5.74, 6) is 0.361. The molecule has 5 heteroatoms. The van der Waals surface area contributed by atoms with Gasteiger partial charge in [0.2, 0.25) is 0 Å². The molecule has 0 aliphatic heterocycles. The highest BCUT2D eigenvalue weighted by Crippen LogP contribution is 2.28. The zero-order valence-corrected chi connectivity index (χ0v) is 12.0. The van der Waals surface area contributed by atoms with Crippen molar-refractivity contribution in [2.24, 2.45) is 5.73 Å². The molecule has 21 heavy (non-hydrogen) atoms. The van der Waals surface area contributed by atoms with E-state index in [0.29, 0.717) is 17.9 Å². The Morgan fingerprint density at radius 2 is 2.05 bits per heavy atom. The SMILES string of the molecule is CC(C)n1c(-c2ccc(CN)cn2)nc2c(F)cccc21. The first-order chi connectivity index (χ1) is 10.1. The molecule has 0 fully saturated rings. The van der Waals surface area contributed by atoms with Crippen LogP contribution in [0.25, 0.3) is 22.6 Å². The summed E-state index contributed by atoms with van der Waals surface area (Å²) in [6.07, 6.45) is 1.73. The van der Waals surface area contributed by atoms with Crippen molar-refractivity contribution in [2.75, 3.05) is 0 Å². The summed E-state index contributed by atoms with van der Waals surface area (Å²) < 4.78 is 16.0. The quantitative estimate of drug-likeness (QED) is 0.803. The Morgan fingerprint density at radius 1 is 1.24 bits per heavy atom. The van der Waals surface area contributed by atoms with Crippen LogP contribution in [-0.2, 0) is 6.54 Å². The van der Waals surface area contributed by atoms with Gasteiger partial charge in [0.1, 0.15) is 11.2 Å². The van der Waals surface area contributed by atoms with E-state index in [9.17, 15) is 4.39 Å². The van der Waals surface area contributed by atoms with Crippen molar-refractivity contribution in [3.63, 3.8) is 0 Å². The fourth-order valence-electron chi connectivity index (χ4n) is 2.46. The van der Waals surface area contributed by atoms with Crippen molar-refractivity contribution in [1.29, 1.82) is 0 Å². The van der Waals surface area contributed by atoms with Crippen LogP contribution in [0, 0.1) is 5.82 Å². The second kappa shape index (κ2) is 5.26. The Kier molecular flexibility index (Phi) is 3.43. The molecule has 0 spiro atoms. The van der Waals surface area contributed by atoms with Crippen LogP contribution in [0.2, 0.25) is 0 Å². The van der Waals surface area contributed by atoms with E-state index >= 15 is 0 Å². The maximum absolute atomic E-state index is 14.0. The smallest absolute Gasteiger partial charge is 0.160 e. The van der Waals surface area contributed by atoms with Crippen LogP contribution in [0.3, 0.4) is 0 Å². The minimum atomic E-state index is -0.313. The number of para-hydroxylation sites is 1. The lowest BCUT2D eigenvalue weighted by Crippen LogP contribution is -2.04. The normalized spacial score (nSPS) is 11.5. The molecule has 1 aromatic carbocycles. The third kappa shape index (κ3) is 2.29. The molecule has 108 valence electrons. The van der Waals surface area contributed by atoms with Gasteiger partial charge in [-0.3, -0.25) is 4.98 Å². The molecule has 3 aromatic rings. The minimum Gasteiger partial charge on any atom is -0.326 e. The average molecular weight is 284 g/mol. The van der Waals surface area contributed by atoms with E-state index in [4.69, 9.17) is 5.73 Å². The Balaban J connectivity index is 2.25. The fraction of sp³-hybridized carbons (Fsp3) is 0.250. The summed E-state index contributed by atoms with van der Waals surface area (Å²) in [4.78, 5) is 8.86. The first-order valence-electron chi connectivity index (χ1n) is 6.93. The molecular weight excluding hydrogens is 267 g/mol. The molecule has 0 aliphatic rings. The van der Waals surface area contributed by atoms with Crippen molar-refractivity contribution >= 4 is 11.0 Å². The third-order valence-electron chi connectivity index (χ3n) is 3.48. The Bertz CT molecular complexity index is 775. The first kappa shape index (κ1) is 13.7. The van der Waals surface area contributed by atoms with Gasteiger partial charge in [-0.2, -0.15) is 0 Å². The number of hydrogen-bond donors (Lipinski definition) is 1. The number of rotatable bonds is 3. The first-order valence-corrected chi connectivity index (χ1v) is 6.93. The van der Waals surface area contributed by atoms with Crippen LogP contribution >= 0.6 is 0 Å². The number of nitrogens with two attached hydrogens (primary N) is 1. The summed E-state index contributed by atoms with van der Waals surface area (Å²) in [6, 6.07) is 8.95. The van der Waals surface area contributed by atoms with Gasteiger partial charge in [0.15, 0.2) is 11.6 Å². The van der Waals surface area contributed by atoms with E-state index in [0.717, 1.165) is 16.8 Å². The molecule has 0 amide bonds. The summed E-state index contributed by atoms with van der Waals surface area (Å²) in [5, 5.41) is 0. The summed E-state index contributed by atoms with van der Waals surface area (Å²) >= 11 is 0. The van der Waals surface area contributed by atoms with Gasteiger partial charge < -0.3 is 10.3 Å². The molecule has 2 heterocycles. The molecule has 0 unspecified atom stereocenters. The Morgan fingerprint density at radius 3 is 2.67 bits per heavy atom. The van der Waals surface area contributed by atoms with Crippen LogP contribution < -0.4 is 5.73 Å². The lowest BCUT2D eigenvalue weighted by atomic mass is 10.2. The summed E-state index contributed by atoms with van der Waals surface area (Å²) in [7, 11) is 0. The number of aromatic nitrogens is 3. The second-order valence-corrected chi connectivity index (χ2v) is 5.26. The number of benzene rings is 1. The van der Waals surface area contributed by atoms with Crippen molar-refractivity contribution in [3.05, 3.63) is 47.9 Å². The maximum atomic E-state index is 14.0. The topological polar surface area (TPSA) is 56.7 Å². The number of pyridine rings is 1. The molecule has 0 radical (unpaired) electrons. The average Bonchev–Trinajstić information content (AvgIpc) is 2.88. The van der Waals surface area contributed by atoms with Gasteiger partial charge in [-0.15, -0.1) is 0 Å². The van der Waals surface area contributed by atoms with Crippen molar-refractivity contribution < 1.29 is 4.39 Å². The summed E-state index contributed by atoms with van der Waals surface area (Å²) in [6.45, 7) is 4.54. The summed E-state index contributed by atoms with van der Waals surface area (Å²) in [5.41, 5.74) is 8.42. The van der Waals surface area contributed by atoms with E-state index < -0.39 is 0 Å². The molecule has 0 saturated carbocycles. The Hall–Kier alpha value is -2.27. The maximum Gasteiger partial charge on any atom is 0.160 e. The second-order valence-electron chi connectivity index (χ2n) is 5.26. The van der Waals surface area contributed by atoms with Crippen LogP contribution in [0.15, 0.2) is 36.5 Å². The Labute approximate surface area is 122 Å². The minimum absolute atomic E-state index is 0.155. The molecule has 3 rings (SSSR count). The van der Waals surface area contributed by atoms with E-state index in [1.165, 1.54) is 6.07 Å². The van der Waals surface area contributed by atoms with E-state index in [1.807, 2.05) is 36.6 Å². The van der Waals surface area contributed by atoms with Crippen LogP contribution in [-0.4, -0.2) is 14.5 Å². The van der Waals surface area contributed by atoms with E-state index in [-0.39, 0.29) is 11.9 Å². The van der Waals surface area contributed by atoms with Gasteiger partial charge in [-0.1, -0.05) is 12.1 Å². The number of imidazole rings is 1.